The fraction of sp³-hybridized carbons (Fsp3) is 0.800. The zero-order valence-electron chi connectivity index (χ0n) is 12.2. The van der Waals surface area contributed by atoms with E-state index in [9.17, 15) is 0 Å². The van der Waals surface area contributed by atoms with E-state index in [1.165, 1.54) is 36.2 Å². The third-order valence-corrected chi connectivity index (χ3v) is 4.37. The molecule has 0 aromatic carbocycles. The molecular formula is C15H27N3. The molecule has 0 aliphatic heterocycles. The summed E-state index contributed by atoms with van der Waals surface area (Å²) in [6.45, 7) is 9.77. The van der Waals surface area contributed by atoms with E-state index in [1.54, 1.807) is 0 Å². The zero-order valence-corrected chi connectivity index (χ0v) is 12.2. The van der Waals surface area contributed by atoms with E-state index < -0.39 is 0 Å². The van der Waals surface area contributed by atoms with E-state index >= 15 is 0 Å². The maximum Gasteiger partial charge on any atom is 0.0629 e. The van der Waals surface area contributed by atoms with Crippen molar-refractivity contribution in [2.45, 2.75) is 59.4 Å². The molecule has 0 radical (unpaired) electrons. The van der Waals surface area contributed by atoms with Gasteiger partial charge in [-0.1, -0.05) is 13.8 Å². The molecule has 18 heavy (non-hydrogen) atoms. The minimum absolute atomic E-state index is 0.592. The second-order valence-corrected chi connectivity index (χ2v) is 6.20. The molecule has 1 aromatic heterocycles. The van der Waals surface area contributed by atoms with Gasteiger partial charge in [0, 0.05) is 5.69 Å². The van der Waals surface area contributed by atoms with Gasteiger partial charge in [-0.3, -0.25) is 4.68 Å². The molecule has 1 aliphatic carbocycles. The first-order chi connectivity index (χ1) is 8.52. The van der Waals surface area contributed by atoms with E-state index in [-0.39, 0.29) is 0 Å². The molecule has 102 valence electrons. The Morgan fingerprint density at radius 2 is 1.78 bits per heavy atom. The average molecular weight is 249 g/mol. The van der Waals surface area contributed by atoms with Crippen molar-refractivity contribution in [1.82, 2.24) is 9.78 Å². The Morgan fingerprint density at radius 3 is 2.33 bits per heavy atom. The summed E-state index contributed by atoms with van der Waals surface area (Å²) in [6.07, 6.45) is 4.86. The standard InChI is InChI=1S/C15H27N3/c1-10-7-11(2)9-14(8-10)18-13(4)15(5-6-16)12(3)17-18/h10-11,14H,5-9,16H2,1-4H3. The summed E-state index contributed by atoms with van der Waals surface area (Å²) in [7, 11) is 0. The number of nitrogens with zero attached hydrogens (tertiary/aromatic N) is 2. The van der Waals surface area contributed by atoms with Gasteiger partial charge >= 0.3 is 0 Å². The van der Waals surface area contributed by atoms with Crippen LogP contribution in [0.25, 0.3) is 0 Å². The van der Waals surface area contributed by atoms with Crippen LogP contribution in [0.5, 0.6) is 0 Å². The van der Waals surface area contributed by atoms with Crippen LogP contribution in [0.3, 0.4) is 0 Å². The minimum atomic E-state index is 0.592. The van der Waals surface area contributed by atoms with Crippen LogP contribution in [-0.4, -0.2) is 16.3 Å². The molecule has 1 fully saturated rings. The summed E-state index contributed by atoms with van der Waals surface area (Å²) in [5.41, 5.74) is 9.56. The van der Waals surface area contributed by atoms with E-state index in [2.05, 4.69) is 32.4 Å². The van der Waals surface area contributed by atoms with E-state index in [0.29, 0.717) is 12.6 Å². The van der Waals surface area contributed by atoms with Gasteiger partial charge in [-0.05, 0) is 63.5 Å². The lowest BCUT2D eigenvalue weighted by molar-refractivity contribution is 0.207. The molecule has 0 bridgehead atoms. The number of aromatic nitrogens is 2. The number of hydrogen-bond acceptors (Lipinski definition) is 2. The normalized spacial score (nSPS) is 28.6. The Balaban J connectivity index is 2.25. The Labute approximate surface area is 111 Å². The quantitative estimate of drug-likeness (QED) is 0.895. The van der Waals surface area contributed by atoms with Crippen LogP contribution in [0.4, 0.5) is 0 Å². The molecule has 3 heteroatoms. The molecular weight excluding hydrogens is 222 g/mol. The van der Waals surface area contributed by atoms with Crippen molar-refractivity contribution in [1.29, 1.82) is 0 Å². The van der Waals surface area contributed by atoms with Crippen molar-refractivity contribution < 1.29 is 0 Å². The summed E-state index contributed by atoms with van der Waals surface area (Å²) < 4.78 is 2.28. The number of hydrogen-bond donors (Lipinski definition) is 1. The van der Waals surface area contributed by atoms with Crippen LogP contribution in [-0.2, 0) is 6.42 Å². The fourth-order valence-corrected chi connectivity index (χ4v) is 3.66. The number of aryl methyl sites for hydroxylation is 1. The molecule has 2 rings (SSSR count). The summed E-state index contributed by atoms with van der Waals surface area (Å²) in [5, 5.41) is 4.78. The smallest absolute Gasteiger partial charge is 0.0629 e. The Morgan fingerprint density at radius 1 is 1.17 bits per heavy atom. The van der Waals surface area contributed by atoms with Crippen molar-refractivity contribution >= 4 is 0 Å². The fourth-order valence-electron chi connectivity index (χ4n) is 3.66. The van der Waals surface area contributed by atoms with Crippen LogP contribution in [0.1, 0.15) is 56.1 Å². The SMILES string of the molecule is Cc1nn(C2CC(C)CC(C)C2)c(C)c1CCN. The highest BCUT2D eigenvalue weighted by molar-refractivity contribution is 5.25. The summed E-state index contributed by atoms with van der Waals surface area (Å²) in [4.78, 5) is 0. The van der Waals surface area contributed by atoms with E-state index in [4.69, 9.17) is 10.8 Å². The third-order valence-electron chi connectivity index (χ3n) is 4.37. The second kappa shape index (κ2) is 5.43. The molecule has 1 heterocycles. The first-order valence-corrected chi connectivity index (χ1v) is 7.27. The molecule has 2 atom stereocenters. The van der Waals surface area contributed by atoms with Gasteiger partial charge in [0.1, 0.15) is 0 Å². The second-order valence-electron chi connectivity index (χ2n) is 6.20. The van der Waals surface area contributed by atoms with E-state index in [1.807, 2.05) is 0 Å². The van der Waals surface area contributed by atoms with E-state index in [0.717, 1.165) is 18.3 Å². The van der Waals surface area contributed by atoms with Gasteiger partial charge in [0.05, 0.1) is 11.7 Å². The third kappa shape index (κ3) is 2.61. The highest BCUT2D eigenvalue weighted by atomic mass is 15.3. The summed E-state index contributed by atoms with van der Waals surface area (Å²) in [6, 6.07) is 0.592. The molecule has 0 spiro atoms. The van der Waals surface area contributed by atoms with Crippen LogP contribution in [0.2, 0.25) is 0 Å². The van der Waals surface area contributed by atoms with Gasteiger partial charge in [-0.15, -0.1) is 0 Å². The van der Waals surface area contributed by atoms with Crippen molar-refractivity contribution in [3.8, 4) is 0 Å². The lowest BCUT2D eigenvalue weighted by atomic mass is 9.80. The van der Waals surface area contributed by atoms with Gasteiger partial charge in [0.15, 0.2) is 0 Å². The topological polar surface area (TPSA) is 43.8 Å². The van der Waals surface area contributed by atoms with Crippen LogP contribution >= 0.6 is 0 Å². The van der Waals surface area contributed by atoms with Crippen LogP contribution in [0.15, 0.2) is 0 Å². The molecule has 3 nitrogen and oxygen atoms in total. The molecule has 0 amide bonds. The summed E-state index contributed by atoms with van der Waals surface area (Å²) >= 11 is 0. The first-order valence-electron chi connectivity index (χ1n) is 7.27. The maximum absolute atomic E-state index is 5.69. The molecule has 1 aromatic rings. The number of nitrogens with two attached hydrogens (primary N) is 1. The molecule has 1 saturated carbocycles. The largest absolute Gasteiger partial charge is 0.330 e. The predicted octanol–water partition coefficient (Wildman–Crippen LogP) is 3.00. The lowest BCUT2D eigenvalue weighted by Crippen LogP contribution is -2.24. The molecule has 2 N–H and O–H groups in total. The van der Waals surface area contributed by atoms with Crippen molar-refractivity contribution in [3.63, 3.8) is 0 Å². The van der Waals surface area contributed by atoms with Crippen molar-refractivity contribution in [2.75, 3.05) is 6.54 Å². The van der Waals surface area contributed by atoms with Gasteiger partial charge < -0.3 is 5.73 Å². The van der Waals surface area contributed by atoms with Crippen molar-refractivity contribution in [2.24, 2.45) is 17.6 Å². The van der Waals surface area contributed by atoms with Crippen LogP contribution < -0.4 is 5.73 Å². The highest BCUT2D eigenvalue weighted by Gasteiger charge is 2.27. The molecule has 2 unspecified atom stereocenters. The maximum atomic E-state index is 5.69. The van der Waals surface area contributed by atoms with Crippen molar-refractivity contribution in [3.05, 3.63) is 17.0 Å². The summed E-state index contributed by atoms with van der Waals surface area (Å²) in [5.74, 6) is 1.64. The lowest BCUT2D eigenvalue weighted by Gasteiger charge is -2.32. The van der Waals surface area contributed by atoms with Gasteiger partial charge in [-0.2, -0.15) is 5.10 Å². The molecule has 0 saturated heterocycles. The molecule has 1 aliphatic rings. The highest BCUT2D eigenvalue weighted by Crippen LogP contribution is 2.36. The number of rotatable bonds is 3. The first kappa shape index (κ1) is 13.6. The average Bonchev–Trinajstić information content (AvgIpc) is 2.56. The Hall–Kier alpha value is -0.830. The monoisotopic (exact) mass is 249 g/mol. The predicted molar refractivity (Wildman–Crippen MR) is 75.7 cm³/mol. The van der Waals surface area contributed by atoms with Gasteiger partial charge in [-0.25, -0.2) is 0 Å². The Kier molecular flexibility index (Phi) is 4.10. The van der Waals surface area contributed by atoms with Gasteiger partial charge in [0.25, 0.3) is 0 Å². The minimum Gasteiger partial charge on any atom is -0.330 e. The zero-order chi connectivity index (χ0) is 13.3. The van der Waals surface area contributed by atoms with Crippen LogP contribution in [0, 0.1) is 25.7 Å². The van der Waals surface area contributed by atoms with Gasteiger partial charge in [0.2, 0.25) is 0 Å². The Bertz CT molecular complexity index is 398.